The summed E-state index contributed by atoms with van der Waals surface area (Å²) in [7, 11) is 1.47. The number of furan rings is 1. The fraction of sp³-hybridized carbons (Fsp3) is 0.0357. The normalized spacial score (nSPS) is 10.8. The summed E-state index contributed by atoms with van der Waals surface area (Å²) in [5.41, 5.74) is 2.02. The van der Waals surface area contributed by atoms with Crippen molar-refractivity contribution in [2.75, 3.05) is 17.7 Å². The molecule has 1 aromatic heterocycles. The molecule has 0 aliphatic carbocycles. The fourth-order valence-corrected chi connectivity index (χ4v) is 4.44. The van der Waals surface area contributed by atoms with E-state index in [0.717, 1.165) is 0 Å². The van der Waals surface area contributed by atoms with Gasteiger partial charge in [-0.05, 0) is 72.9 Å². The van der Waals surface area contributed by atoms with Gasteiger partial charge in [0, 0.05) is 33.4 Å². The van der Waals surface area contributed by atoms with Gasteiger partial charge in [-0.25, -0.2) is 0 Å². The lowest BCUT2D eigenvalue weighted by molar-refractivity contribution is -0.115. The van der Waals surface area contributed by atoms with Gasteiger partial charge in [-0.2, -0.15) is 0 Å². The Morgan fingerprint density at radius 2 is 1.67 bits per heavy atom. The van der Waals surface area contributed by atoms with Crippen LogP contribution in [0.15, 0.2) is 83.3 Å². The molecule has 0 unspecified atom stereocenters. The largest absolute Gasteiger partial charge is 0.494 e. The number of ether oxygens (including phenoxy) is 1. The summed E-state index contributed by atoms with van der Waals surface area (Å²) in [5.74, 6) is 0.538. The van der Waals surface area contributed by atoms with Crippen LogP contribution in [-0.2, 0) is 4.79 Å². The van der Waals surface area contributed by atoms with E-state index in [1.807, 2.05) is 0 Å². The first-order chi connectivity index (χ1) is 18.7. The molecule has 0 spiro atoms. The highest BCUT2D eigenvalue weighted by atomic mass is 35.5. The molecule has 0 atom stereocenters. The number of carbonyl (C=O) groups excluding carboxylic acids is 2. The lowest BCUT2D eigenvalue weighted by Gasteiger charge is -2.14. The standard InChI is InChI=1S/C28H20Cl3N3O4S/c1-37-25-15-19(6-9-23(25)33-27(36)21-4-2-3-5-22(21)31)32-28(39)34-26(35)11-8-20-7-10-24(38-20)16-12-17(29)14-18(30)13-16/h2-15H,1H3,(H,33,36)(H2,32,34,35,39)/b11-8+. The van der Waals surface area contributed by atoms with Crippen LogP contribution >= 0.6 is 47.0 Å². The minimum Gasteiger partial charge on any atom is -0.494 e. The number of amides is 2. The van der Waals surface area contributed by atoms with Gasteiger partial charge in [0.15, 0.2) is 5.11 Å². The van der Waals surface area contributed by atoms with E-state index in [0.29, 0.717) is 54.8 Å². The molecular formula is C28H20Cl3N3O4S. The van der Waals surface area contributed by atoms with Crippen molar-refractivity contribution in [3.8, 4) is 17.1 Å². The monoisotopic (exact) mass is 599 g/mol. The Morgan fingerprint density at radius 1 is 0.923 bits per heavy atom. The smallest absolute Gasteiger partial charge is 0.257 e. The van der Waals surface area contributed by atoms with Crippen molar-refractivity contribution in [2.45, 2.75) is 0 Å². The lowest BCUT2D eigenvalue weighted by atomic mass is 10.2. The number of nitrogens with one attached hydrogen (secondary N) is 3. The number of methoxy groups -OCH3 is 1. The van der Waals surface area contributed by atoms with Gasteiger partial charge in [-0.3, -0.25) is 14.9 Å². The van der Waals surface area contributed by atoms with E-state index >= 15 is 0 Å². The molecule has 0 aliphatic heterocycles. The Hall–Kier alpha value is -3.82. The minimum atomic E-state index is -0.466. The Kier molecular flexibility index (Phi) is 9.27. The summed E-state index contributed by atoms with van der Waals surface area (Å²) < 4.78 is 11.1. The van der Waals surface area contributed by atoms with E-state index in [9.17, 15) is 9.59 Å². The van der Waals surface area contributed by atoms with Crippen LogP contribution in [0, 0.1) is 0 Å². The molecule has 3 aromatic carbocycles. The first-order valence-electron chi connectivity index (χ1n) is 11.3. The SMILES string of the molecule is COc1cc(NC(=S)NC(=O)/C=C/c2ccc(-c3cc(Cl)cc(Cl)c3)o2)ccc1NC(=O)c1ccccc1Cl. The maximum absolute atomic E-state index is 12.6. The first kappa shape index (κ1) is 28.2. The molecule has 0 saturated carbocycles. The minimum absolute atomic E-state index is 0.0632. The second kappa shape index (κ2) is 12.8. The zero-order valence-corrected chi connectivity index (χ0v) is 23.3. The van der Waals surface area contributed by atoms with Gasteiger partial charge in [-0.15, -0.1) is 0 Å². The van der Waals surface area contributed by atoms with Gasteiger partial charge >= 0.3 is 0 Å². The number of rotatable bonds is 7. The zero-order chi connectivity index (χ0) is 27.9. The van der Waals surface area contributed by atoms with Crippen molar-refractivity contribution in [1.82, 2.24) is 5.32 Å². The van der Waals surface area contributed by atoms with Crippen LogP contribution in [0.4, 0.5) is 11.4 Å². The van der Waals surface area contributed by atoms with Gasteiger partial charge in [0.1, 0.15) is 17.3 Å². The molecule has 7 nitrogen and oxygen atoms in total. The highest BCUT2D eigenvalue weighted by Gasteiger charge is 2.14. The molecule has 0 bridgehead atoms. The number of benzene rings is 3. The topological polar surface area (TPSA) is 92.6 Å². The van der Waals surface area contributed by atoms with Crippen molar-refractivity contribution < 1.29 is 18.7 Å². The van der Waals surface area contributed by atoms with Gasteiger partial charge in [-0.1, -0.05) is 46.9 Å². The van der Waals surface area contributed by atoms with Crippen LogP contribution in [0.2, 0.25) is 15.1 Å². The predicted octanol–water partition coefficient (Wildman–Crippen LogP) is 7.69. The van der Waals surface area contributed by atoms with E-state index < -0.39 is 5.91 Å². The molecular weight excluding hydrogens is 581 g/mol. The number of anilines is 2. The van der Waals surface area contributed by atoms with Crippen molar-refractivity contribution in [3.63, 3.8) is 0 Å². The first-order valence-corrected chi connectivity index (χ1v) is 12.9. The Balaban J connectivity index is 1.34. The number of thiocarbonyl (C=S) groups is 1. The maximum atomic E-state index is 12.6. The summed E-state index contributed by atoms with van der Waals surface area (Å²) in [4.78, 5) is 25.0. The van der Waals surface area contributed by atoms with Crippen LogP contribution in [-0.4, -0.2) is 24.0 Å². The average Bonchev–Trinajstić information content (AvgIpc) is 3.37. The highest BCUT2D eigenvalue weighted by Crippen LogP contribution is 2.30. The summed E-state index contributed by atoms with van der Waals surface area (Å²) in [6.07, 6.45) is 2.79. The van der Waals surface area contributed by atoms with E-state index in [-0.39, 0.29) is 11.0 Å². The van der Waals surface area contributed by atoms with Gasteiger partial charge in [0.25, 0.3) is 5.91 Å². The van der Waals surface area contributed by atoms with E-state index in [4.69, 9.17) is 56.2 Å². The summed E-state index contributed by atoms with van der Waals surface area (Å²) >= 11 is 23.5. The van der Waals surface area contributed by atoms with Crippen molar-refractivity contribution >= 4 is 81.4 Å². The fourth-order valence-electron chi connectivity index (χ4n) is 3.47. The maximum Gasteiger partial charge on any atom is 0.257 e. The van der Waals surface area contributed by atoms with Crippen molar-refractivity contribution in [1.29, 1.82) is 0 Å². The molecule has 4 aromatic rings. The zero-order valence-electron chi connectivity index (χ0n) is 20.3. The summed E-state index contributed by atoms with van der Waals surface area (Å²) in [6, 6.07) is 20.2. The molecule has 11 heteroatoms. The molecule has 39 heavy (non-hydrogen) atoms. The lowest BCUT2D eigenvalue weighted by Crippen LogP contribution is -2.32. The molecule has 0 saturated heterocycles. The van der Waals surface area contributed by atoms with Crippen LogP contribution < -0.4 is 20.7 Å². The molecule has 2 amide bonds. The van der Waals surface area contributed by atoms with Crippen molar-refractivity contribution in [2.24, 2.45) is 0 Å². The molecule has 3 N–H and O–H groups in total. The van der Waals surface area contributed by atoms with Crippen molar-refractivity contribution in [3.05, 3.63) is 105 Å². The van der Waals surface area contributed by atoms with E-state index in [1.165, 1.54) is 19.3 Å². The molecule has 0 fully saturated rings. The summed E-state index contributed by atoms with van der Waals surface area (Å²) in [6.45, 7) is 0. The number of hydrogen-bond acceptors (Lipinski definition) is 5. The number of halogens is 3. The summed E-state index contributed by atoms with van der Waals surface area (Å²) in [5, 5.41) is 9.61. The molecule has 198 valence electrons. The Morgan fingerprint density at radius 3 is 2.38 bits per heavy atom. The third-order valence-electron chi connectivity index (χ3n) is 5.24. The van der Waals surface area contributed by atoms with E-state index in [1.54, 1.807) is 72.8 Å². The average molecular weight is 601 g/mol. The Labute approximate surface area is 244 Å². The Bertz CT molecular complexity index is 1570. The molecule has 4 rings (SSSR count). The molecule has 1 heterocycles. The van der Waals surface area contributed by atoms with Crippen LogP contribution in [0.3, 0.4) is 0 Å². The van der Waals surface area contributed by atoms with Crippen LogP contribution in [0.5, 0.6) is 5.75 Å². The third-order valence-corrected chi connectivity index (χ3v) is 6.21. The molecule has 0 radical (unpaired) electrons. The van der Waals surface area contributed by atoms with Gasteiger partial charge < -0.3 is 19.8 Å². The third kappa shape index (κ3) is 7.61. The second-order valence-electron chi connectivity index (χ2n) is 7.99. The highest BCUT2D eigenvalue weighted by molar-refractivity contribution is 7.80. The number of carbonyl (C=O) groups is 2. The predicted molar refractivity (Wildman–Crippen MR) is 160 cm³/mol. The molecule has 0 aliphatic rings. The van der Waals surface area contributed by atoms with Crippen LogP contribution in [0.1, 0.15) is 16.1 Å². The quantitative estimate of drug-likeness (QED) is 0.149. The van der Waals surface area contributed by atoms with Gasteiger partial charge in [0.05, 0.1) is 23.4 Å². The number of hydrogen-bond donors (Lipinski definition) is 3. The van der Waals surface area contributed by atoms with Gasteiger partial charge in [0.2, 0.25) is 5.91 Å². The second-order valence-corrected chi connectivity index (χ2v) is 9.67. The van der Waals surface area contributed by atoms with Crippen LogP contribution in [0.25, 0.3) is 17.4 Å². The van der Waals surface area contributed by atoms with E-state index in [2.05, 4.69) is 16.0 Å².